The Labute approximate surface area is 157 Å². The summed E-state index contributed by atoms with van der Waals surface area (Å²) in [6.45, 7) is 3.39. The minimum absolute atomic E-state index is 0.00332. The van der Waals surface area contributed by atoms with Crippen molar-refractivity contribution in [3.05, 3.63) is 29.8 Å². The van der Waals surface area contributed by atoms with Gasteiger partial charge < -0.3 is 25.6 Å². The van der Waals surface area contributed by atoms with E-state index >= 15 is 0 Å². The number of nitrogens with zero attached hydrogens (tertiary/aromatic N) is 2. The smallest absolute Gasteiger partial charge is 0.307 e. The average molecular weight is 375 g/mol. The number of nitrogen functional groups attached to an aromatic ring is 1. The summed E-state index contributed by atoms with van der Waals surface area (Å²) in [5, 5.41) is 10.0. The van der Waals surface area contributed by atoms with Gasteiger partial charge in [-0.15, -0.1) is 0 Å². The molecule has 9 nitrogen and oxygen atoms in total. The first kappa shape index (κ1) is 20.2. The molecule has 0 unspecified atom stereocenters. The molecule has 1 saturated heterocycles. The van der Waals surface area contributed by atoms with Crippen LogP contribution < -0.4 is 16.0 Å². The van der Waals surface area contributed by atoms with Gasteiger partial charge in [-0.25, -0.2) is 0 Å². The van der Waals surface area contributed by atoms with Crippen LogP contribution in [0.5, 0.6) is 0 Å². The summed E-state index contributed by atoms with van der Waals surface area (Å²) >= 11 is 0. The van der Waals surface area contributed by atoms with Crippen LogP contribution in [-0.2, 0) is 19.1 Å². The Kier molecular flexibility index (Phi) is 7.16. The summed E-state index contributed by atoms with van der Waals surface area (Å²) in [4.78, 5) is 38.9. The predicted molar refractivity (Wildman–Crippen MR) is 101 cm³/mol. The molecule has 1 aliphatic heterocycles. The molecule has 1 aromatic carbocycles. The number of carbonyl (C=O) groups excluding carboxylic acids is 3. The fraction of sp³-hybridized carbons (Fsp3) is 0.444. The number of nitrogens with one attached hydrogen (secondary N) is 2. The largest absolute Gasteiger partial charge is 0.466 e. The maximum atomic E-state index is 12.3. The number of hydrogen-bond acceptors (Lipinski definition) is 6. The number of nitrogens with two attached hydrogens (primary N) is 1. The summed E-state index contributed by atoms with van der Waals surface area (Å²) in [7, 11) is 0. The zero-order valence-electron chi connectivity index (χ0n) is 15.4. The number of esters is 1. The van der Waals surface area contributed by atoms with Gasteiger partial charge in [0.1, 0.15) is 5.84 Å². The Hall–Kier alpha value is -3.10. The zero-order valence-corrected chi connectivity index (χ0v) is 15.4. The lowest BCUT2D eigenvalue weighted by molar-refractivity contribution is -0.143. The topological polar surface area (TPSA) is 129 Å². The molecular weight excluding hydrogens is 350 g/mol. The molecule has 2 rings (SSSR count). The summed E-state index contributed by atoms with van der Waals surface area (Å²) in [6.07, 6.45) is 0.109. The van der Waals surface area contributed by atoms with E-state index in [0.29, 0.717) is 25.3 Å². The average Bonchev–Trinajstić information content (AvgIpc) is 2.63. The molecule has 1 aromatic rings. The lowest BCUT2D eigenvalue weighted by atomic mass is 10.1. The number of carbonyl (C=O) groups is 3. The lowest BCUT2D eigenvalue weighted by Crippen LogP contribution is -2.53. The highest BCUT2D eigenvalue weighted by Gasteiger charge is 2.25. The number of rotatable bonds is 8. The van der Waals surface area contributed by atoms with Crippen LogP contribution in [0.15, 0.2) is 24.3 Å². The highest BCUT2D eigenvalue weighted by atomic mass is 16.5. The molecular formula is C18H25N5O4. The van der Waals surface area contributed by atoms with E-state index in [0.717, 1.165) is 5.69 Å². The Morgan fingerprint density at radius 2 is 1.96 bits per heavy atom. The summed E-state index contributed by atoms with van der Waals surface area (Å²) in [5.74, 6) is -0.806. The fourth-order valence-electron chi connectivity index (χ4n) is 2.71. The van der Waals surface area contributed by atoms with Crippen LogP contribution in [-0.4, -0.2) is 67.8 Å². The van der Waals surface area contributed by atoms with Crippen LogP contribution in [0.1, 0.15) is 18.9 Å². The Morgan fingerprint density at radius 3 is 2.56 bits per heavy atom. The van der Waals surface area contributed by atoms with Gasteiger partial charge in [0.2, 0.25) is 11.8 Å². The molecule has 0 aromatic heterocycles. The van der Waals surface area contributed by atoms with Crippen LogP contribution in [0.25, 0.3) is 0 Å². The normalized spacial score (nSPS) is 14.0. The Morgan fingerprint density at radius 1 is 1.26 bits per heavy atom. The van der Waals surface area contributed by atoms with Crippen molar-refractivity contribution in [2.75, 3.05) is 44.2 Å². The van der Waals surface area contributed by atoms with Crippen molar-refractivity contribution in [1.29, 1.82) is 5.41 Å². The van der Waals surface area contributed by atoms with Crippen molar-refractivity contribution < 1.29 is 19.1 Å². The number of benzene rings is 1. The molecule has 4 N–H and O–H groups in total. The summed E-state index contributed by atoms with van der Waals surface area (Å²) < 4.78 is 4.79. The van der Waals surface area contributed by atoms with E-state index < -0.39 is 0 Å². The zero-order chi connectivity index (χ0) is 19.8. The maximum Gasteiger partial charge on any atom is 0.307 e. The number of piperazine rings is 1. The predicted octanol–water partition coefficient (Wildman–Crippen LogP) is -0.311. The molecule has 0 aliphatic carbocycles. The van der Waals surface area contributed by atoms with Gasteiger partial charge in [0, 0.05) is 30.9 Å². The van der Waals surface area contributed by atoms with Crippen LogP contribution in [0.4, 0.5) is 5.69 Å². The number of hydrogen-bond donors (Lipinski definition) is 3. The number of ether oxygens (including phenoxy) is 1. The van der Waals surface area contributed by atoms with E-state index in [2.05, 4.69) is 5.32 Å². The molecule has 0 spiro atoms. The second kappa shape index (κ2) is 9.56. The standard InChI is InChI=1S/C18H25N5O4/c1-2-27-17(26)7-8-21-15(24)11-23-10-9-22(12-16(23)25)14-5-3-13(4-6-14)18(19)20/h3-6H,2,7-12H2,1H3,(H3,19,20)(H,21,24). The molecule has 27 heavy (non-hydrogen) atoms. The molecule has 0 saturated carbocycles. The van der Waals surface area contributed by atoms with Crippen molar-refractivity contribution >= 4 is 29.3 Å². The van der Waals surface area contributed by atoms with Gasteiger partial charge in [-0.3, -0.25) is 19.8 Å². The van der Waals surface area contributed by atoms with Gasteiger partial charge in [-0.05, 0) is 31.2 Å². The highest BCUT2D eigenvalue weighted by molar-refractivity contribution is 5.95. The minimum atomic E-state index is -0.363. The third-order valence-electron chi connectivity index (χ3n) is 4.15. The van der Waals surface area contributed by atoms with E-state index in [1.54, 1.807) is 19.1 Å². The van der Waals surface area contributed by atoms with Crippen molar-refractivity contribution in [2.24, 2.45) is 5.73 Å². The highest BCUT2D eigenvalue weighted by Crippen LogP contribution is 2.17. The molecule has 1 fully saturated rings. The fourth-order valence-corrected chi connectivity index (χ4v) is 2.71. The molecule has 0 atom stereocenters. The number of anilines is 1. The molecule has 0 bridgehead atoms. The first-order valence-corrected chi connectivity index (χ1v) is 8.80. The van der Waals surface area contributed by atoms with Crippen LogP contribution in [0.3, 0.4) is 0 Å². The van der Waals surface area contributed by atoms with E-state index in [-0.39, 0.29) is 49.7 Å². The van der Waals surface area contributed by atoms with E-state index in [4.69, 9.17) is 15.9 Å². The third-order valence-corrected chi connectivity index (χ3v) is 4.15. The van der Waals surface area contributed by atoms with Gasteiger partial charge in [0.25, 0.3) is 0 Å². The summed E-state index contributed by atoms with van der Waals surface area (Å²) in [5.41, 5.74) is 6.94. The van der Waals surface area contributed by atoms with Gasteiger partial charge in [0.05, 0.1) is 26.1 Å². The molecule has 2 amide bonds. The first-order valence-electron chi connectivity index (χ1n) is 8.80. The van der Waals surface area contributed by atoms with E-state index in [1.165, 1.54) is 4.90 Å². The van der Waals surface area contributed by atoms with Crippen molar-refractivity contribution in [1.82, 2.24) is 10.2 Å². The van der Waals surface area contributed by atoms with Crippen LogP contribution in [0, 0.1) is 5.41 Å². The Balaban J connectivity index is 1.79. The van der Waals surface area contributed by atoms with E-state index in [9.17, 15) is 14.4 Å². The number of amidine groups is 1. The van der Waals surface area contributed by atoms with Crippen molar-refractivity contribution in [3.8, 4) is 0 Å². The molecule has 1 heterocycles. The van der Waals surface area contributed by atoms with E-state index in [1.807, 2.05) is 17.0 Å². The second-order valence-electron chi connectivity index (χ2n) is 6.10. The van der Waals surface area contributed by atoms with Crippen LogP contribution >= 0.6 is 0 Å². The van der Waals surface area contributed by atoms with Gasteiger partial charge in [-0.2, -0.15) is 0 Å². The van der Waals surface area contributed by atoms with Crippen molar-refractivity contribution in [2.45, 2.75) is 13.3 Å². The first-order chi connectivity index (χ1) is 12.9. The monoisotopic (exact) mass is 375 g/mol. The second-order valence-corrected chi connectivity index (χ2v) is 6.10. The molecule has 0 radical (unpaired) electrons. The van der Waals surface area contributed by atoms with Gasteiger partial charge in [0.15, 0.2) is 0 Å². The quantitative estimate of drug-likeness (QED) is 0.325. The SMILES string of the molecule is CCOC(=O)CCNC(=O)CN1CCN(c2ccc(C(=N)N)cc2)CC1=O. The Bertz CT molecular complexity index is 704. The van der Waals surface area contributed by atoms with Gasteiger partial charge >= 0.3 is 5.97 Å². The molecule has 1 aliphatic rings. The van der Waals surface area contributed by atoms with Crippen LogP contribution in [0.2, 0.25) is 0 Å². The minimum Gasteiger partial charge on any atom is -0.466 e. The maximum absolute atomic E-state index is 12.3. The molecule has 9 heteroatoms. The third kappa shape index (κ3) is 5.98. The lowest BCUT2D eigenvalue weighted by Gasteiger charge is -2.35. The number of amides is 2. The molecule has 146 valence electrons. The van der Waals surface area contributed by atoms with Crippen molar-refractivity contribution in [3.63, 3.8) is 0 Å². The summed E-state index contributed by atoms with van der Waals surface area (Å²) in [6, 6.07) is 7.13. The van der Waals surface area contributed by atoms with Gasteiger partial charge in [-0.1, -0.05) is 0 Å².